The molecule has 0 bridgehead atoms. The van der Waals surface area contributed by atoms with Crippen molar-refractivity contribution >= 4 is 24.8 Å². The molecule has 0 spiro atoms. The van der Waals surface area contributed by atoms with Crippen molar-refractivity contribution in [3.8, 4) is 0 Å². The average molecular weight is 373 g/mol. The van der Waals surface area contributed by atoms with Gasteiger partial charge in [0.05, 0.1) is 6.20 Å². The second kappa shape index (κ2) is 7.83. The fourth-order valence-corrected chi connectivity index (χ4v) is 4.29. The van der Waals surface area contributed by atoms with Crippen LogP contribution in [0.1, 0.15) is 17.2 Å². The van der Waals surface area contributed by atoms with E-state index in [0.717, 1.165) is 31.7 Å². The lowest BCUT2D eigenvalue weighted by Crippen LogP contribution is -2.28. The topological polar surface area (TPSA) is 35.2 Å². The number of halogens is 3. The Morgan fingerprint density at radius 1 is 1.25 bits per heavy atom. The van der Waals surface area contributed by atoms with Crippen LogP contribution in [0.4, 0.5) is 4.39 Å². The minimum atomic E-state index is -0.136. The van der Waals surface area contributed by atoms with E-state index in [4.69, 9.17) is 0 Å². The minimum absolute atomic E-state index is 0. The van der Waals surface area contributed by atoms with Gasteiger partial charge in [0.1, 0.15) is 5.82 Å². The van der Waals surface area contributed by atoms with Crippen LogP contribution < -0.4 is 0 Å². The van der Waals surface area contributed by atoms with Crippen molar-refractivity contribution in [1.29, 1.82) is 0 Å². The molecule has 2 fully saturated rings. The number of fused-ring (bicyclic) bond motifs is 1. The zero-order valence-corrected chi connectivity index (χ0v) is 15.2. The number of aromatic nitrogens is 2. The molecule has 1 aromatic heterocycles. The minimum Gasteiger partial charge on any atom is -0.299 e. The molecule has 0 amide bonds. The summed E-state index contributed by atoms with van der Waals surface area (Å²) < 4.78 is 13.6. The van der Waals surface area contributed by atoms with Gasteiger partial charge in [-0.2, -0.15) is 5.10 Å². The van der Waals surface area contributed by atoms with Gasteiger partial charge in [0.15, 0.2) is 0 Å². The molecule has 4 rings (SSSR count). The summed E-state index contributed by atoms with van der Waals surface area (Å²) in [6, 6.07) is 7.43. The van der Waals surface area contributed by atoms with Gasteiger partial charge in [-0.05, 0) is 36.6 Å². The fraction of sp³-hybridized carbons (Fsp3) is 0.471. The number of hydrogen-bond acceptors (Lipinski definition) is 3. The van der Waals surface area contributed by atoms with Crippen molar-refractivity contribution in [3.63, 3.8) is 0 Å². The van der Waals surface area contributed by atoms with Gasteiger partial charge >= 0.3 is 0 Å². The second-order valence-corrected chi connectivity index (χ2v) is 6.66. The van der Waals surface area contributed by atoms with E-state index in [2.05, 4.69) is 33.1 Å². The standard InChI is InChI=1S/C17H21FN4.2ClH/c1-21-9-14-10-22(8-12-6-19-20-7-12)11-16(14)17(21)13-3-2-4-15(18)5-13;;/h2-7,14,16-17H,8-11H2,1H3,(H,19,20);2*1H/t14-,16+,17-;;/m0../s1. The Bertz CT molecular complexity index is 652. The number of H-pyrrole nitrogens is 1. The smallest absolute Gasteiger partial charge is 0.123 e. The van der Waals surface area contributed by atoms with Crippen LogP contribution in [-0.2, 0) is 6.54 Å². The van der Waals surface area contributed by atoms with Gasteiger partial charge in [-0.25, -0.2) is 4.39 Å². The summed E-state index contributed by atoms with van der Waals surface area (Å²) >= 11 is 0. The molecule has 0 unspecified atom stereocenters. The molecule has 0 saturated carbocycles. The van der Waals surface area contributed by atoms with Gasteiger partial charge in [0.2, 0.25) is 0 Å². The SMILES string of the molecule is CN1C[C@H]2CN(Cc3cn[nH]c3)C[C@H]2[C@@H]1c1cccc(F)c1.Cl.Cl. The van der Waals surface area contributed by atoms with E-state index >= 15 is 0 Å². The summed E-state index contributed by atoms with van der Waals surface area (Å²) in [5, 5.41) is 6.89. The van der Waals surface area contributed by atoms with Crippen LogP contribution in [0.25, 0.3) is 0 Å². The molecule has 2 aromatic rings. The van der Waals surface area contributed by atoms with Crippen molar-refractivity contribution in [2.45, 2.75) is 12.6 Å². The molecule has 1 N–H and O–H groups in total. The van der Waals surface area contributed by atoms with Gasteiger partial charge < -0.3 is 0 Å². The first-order valence-electron chi connectivity index (χ1n) is 7.86. The van der Waals surface area contributed by atoms with Gasteiger partial charge in [-0.1, -0.05) is 12.1 Å². The Balaban J connectivity index is 0.00000104. The average Bonchev–Trinajstić information content (AvgIpc) is 3.15. The molecule has 132 valence electrons. The van der Waals surface area contributed by atoms with Crippen LogP contribution >= 0.6 is 24.8 Å². The summed E-state index contributed by atoms with van der Waals surface area (Å²) in [6.07, 6.45) is 3.86. The van der Waals surface area contributed by atoms with Crippen LogP contribution in [0.5, 0.6) is 0 Å². The number of likely N-dealkylation sites (tertiary alicyclic amines) is 2. The van der Waals surface area contributed by atoms with E-state index in [1.807, 2.05) is 18.5 Å². The predicted molar refractivity (Wildman–Crippen MR) is 97.1 cm³/mol. The molecule has 2 aliphatic heterocycles. The monoisotopic (exact) mass is 372 g/mol. The van der Waals surface area contributed by atoms with Crippen molar-refractivity contribution in [2.24, 2.45) is 11.8 Å². The van der Waals surface area contributed by atoms with Crippen molar-refractivity contribution in [1.82, 2.24) is 20.0 Å². The van der Waals surface area contributed by atoms with Crippen LogP contribution in [0.2, 0.25) is 0 Å². The van der Waals surface area contributed by atoms with Crippen LogP contribution in [0.15, 0.2) is 36.7 Å². The third-order valence-corrected chi connectivity index (χ3v) is 5.12. The van der Waals surface area contributed by atoms with Gasteiger partial charge in [0.25, 0.3) is 0 Å². The van der Waals surface area contributed by atoms with E-state index in [0.29, 0.717) is 17.9 Å². The summed E-state index contributed by atoms with van der Waals surface area (Å²) in [5.41, 5.74) is 2.34. The quantitative estimate of drug-likeness (QED) is 0.898. The fourth-order valence-electron chi connectivity index (χ4n) is 4.29. The molecule has 24 heavy (non-hydrogen) atoms. The molecule has 0 aliphatic carbocycles. The first-order valence-corrected chi connectivity index (χ1v) is 7.86. The molecule has 1 aromatic carbocycles. The highest BCUT2D eigenvalue weighted by molar-refractivity contribution is 5.85. The molecular formula is C17H23Cl2FN4. The molecule has 3 heterocycles. The molecule has 4 nitrogen and oxygen atoms in total. The van der Waals surface area contributed by atoms with Crippen molar-refractivity contribution in [2.75, 3.05) is 26.7 Å². The predicted octanol–water partition coefficient (Wildman–Crippen LogP) is 3.13. The Morgan fingerprint density at radius 2 is 2.08 bits per heavy atom. The summed E-state index contributed by atoms with van der Waals surface area (Å²) in [6.45, 7) is 4.23. The third-order valence-electron chi connectivity index (χ3n) is 5.12. The zero-order chi connectivity index (χ0) is 15.1. The van der Waals surface area contributed by atoms with E-state index in [1.54, 1.807) is 6.07 Å². The summed E-state index contributed by atoms with van der Waals surface area (Å²) in [5.74, 6) is 1.12. The highest BCUT2D eigenvalue weighted by atomic mass is 35.5. The number of rotatable bonds is 3. The number of aromatic amines is 1. The molecule has 2 saturated heterocycles. The van der Waals surface area contributed by atoms with Gasteiger partial charge in [0, 0.05) is 44.0 Å². The summed E-state index contributed by atoms with van der Waals surface area (Å²) in [7, 11) is 2.16. The first kappa shape index (κ1) is 19.2. The maximum absolute atomic E-state index is 13.6. The molecule has 2 aliphatic rings. The van der Waals surface area contributed by atoms with Crippen molar-refractivity contribution < 1.29 is 4.39 Å². The lowest BCUT2D eigenvalue weighted by atomic mass is 9.89. The van der Waals surface area contributed by atoms with E-state index in [-0.39, 0.29) is 30.6 Å². The largest absolute Gasteiger partial charge is 0.299 e. The Hall–Kier alpha value is -1.14. The van der Waals surface area contributed by atoms with E-state index in [9.17, 15) is 4.39 Å². The first-order chi connectivity index (χ1) is 10.7. The highest BCUT2D eigenvalue weighted by Gasteiger charge is 2.45. The van der Waals surface area contributed by atoms with Crippen LogP contribution in [0.3, 0.4) is 0 Å². The molecule has 3 atom stereocenters. The third kappa shape index (κ3) is 3.59. The van der Waals surface area contributed by atoms with Crippen LogP contribution in [0, 0.1) is 17.7 Å². The Morgan fingerprint density at radius 3 is 2.79 bits per heavy atom. The number of benzene rings is 1. The van der Waals surface area contributed by atoms with Crippen LogP contribution in [-0.4, -0.2) is 46.7 Å². The maximum atomic E-state index is 13.6. The molecule has 0 radical (unpaired) electrons. The number of nitrogens with zero attached hydrogens (tertiary/aromatic N) is 3. The molecule has 7 heteroatoms. The normalized spacial score (nSPS) is 26.7. The van der Waals surface area contributed by atoms with Gasteiger partial charge in [-0.15, -0.1) is 24.8 Å². The lowest BCUT2D eigenvalue weighted by molar-refractivity contribution is 0.224. The number of hydrogen-bond donors (Lipinski definition) is 1. The van der Waals surface area contributed by atoms with E-state index < -0.39 is 0 Å². The number of nitrogens with one attached hydrogen (secondary N) is 1. The van der Waals surface area contributed by atoms with Gasteiger partial charge in [-0.3, -0.25) is 14.9 Å². The molecular weight excluding hydrogens is 350 g/mol. The Labute approximate surface area is 154 Å². The Kier molecular flexibility index (Phi) is 6.26. The lowest BCUT2D eigenvalue weighted by Gasteiger charge is -2.26. The van der Waals surface area contributed by atoms with Crippen molar-refractivity contribution in [3.05, 3.63) is 53.6 Å². The summed E-state index contributed by atoms with van der Waals surface area (Å²) in [4.78, 5) is 4.89. The zero-order valence-electron chi connectivity index (χ0n) is 13.6. The highest BCUT2D eigenvalue weighted by Crippen LogP contribution is 2.44. The second-order valence-electron chi connectivity index (χ2n) is 6.66. The van der Waals surface area contributed by atoms with E-state index in [1.165, 1.54) is 11.6 Å². The maximum Gasteiger partial charge on any atom is 0.123 e.